The zero-order valence-corrected chi connectivity index (χ0v) is 15.0. The molecule has 1 aromatic rings. The molecule has 2 rings (SSSR count). The van der Waals surface area contributed by atoms with Gasteiger partial charge in [-0.1, -0.05) is 30.3 Å². The maximum atomic E-state index is 12.6. The number of carbonyl (C=O) groups is 3. The lowest BCUT2D eigenvalue weighted by Crippen LogP contribution is -2.52. The van der Waals surface area contributed by atoms with E-state index >= 15 is 0 Å². The Labute approximate surface area is 146 Å². The average Bonchev–Trinajstić information content (AvgIpc) is 2.57. The van der Waals surface area contributed by atoms with Gasteiger partial charge in [0, 0.05) is 5.56 Å². The van der Waals surface area contributed by atoms with Crippen LogP contribution in [0.2, 0.25) is 0 Å². The molecule has 1 atom stereocenters. The second kappa shape index (κ2) is 6.63. The van der Waals surface area contributed by atoms with Gasteiger partial charge in [-0.25, -0.2) is 9.59 Å². The van der Waals surface area contributed by atoms with Crippen LogP contribution >= 0.6 is 0 Å². The van der Waals surface area contributed by atoms with Crippen LogP contribution in [0.4, 0.5) is 0 Å². The van der Waals surface area contributed by atoms with E-state index in [1.54, 1.807) is 51.1 Å². The molecule has 25 heavy (non-hydrogen) atoms. The van der Waals surface area contributed by atoms with Crippen LogP contribution in [0.1, 0.15) is 38.1 Å². The summed E-state index contributed by atoms with van der Waals surface area (Å²) in [7, 11) is 1.18. The molecule has 1 aliphatic heterocycles. The third kappa shape index (κ3) is 3.52. The molecular formula is C19H21NO5. The molecule has 0 radical (unpaired) electrons. The van der Waals surface area contributed by atoms with E-state index in [4.69, 9.17) is 9.47 Å². The predicted octanol–water partition coefficient (Wildman–Crippen LogP) is 2.52. The number of cyclic esters (lactones) is 1. The van der Waals surface area contributed by atoms with Crippen molar-refractivity contribution in [3.63, 3.8) is 0 Å². The van der Waals surface area contributed by atoms with Crippen LogP contribution in [-0.2, 0) is 19.1 Å². The Morgan fingerprint density at radius 2 is 1.76 bits per heavy atom. The van der Waals surface area contributed by atoms with E-state index in [-0.39, 0.29) is 5.57 Å². The molecule has 0 saturated carbocycles. The number of methoxy groups -OCH3 is 1. The Morgan fingerprint density at radius 3 is 2.32 bits per heavy atom. The van der Waals surface area contributed by atoms with Crippen molar-refractivity contribution in [2.45, 2.75) is 38.8 Å². The summed E-state index contributed by atoms with van der Waals surface area (Å²) < 4.78 is 10.2. The van der Waals surface area contributed by atoms with Crippen molar-refractivity contribution >= 4 is 23.4 Å². The lowest BCUT2D eigenvalue weighted by Gasteiger charge is -2.37. The fraction of sp³-hybridized carbons (Fsp3) is 0.368. The number of allylic oxidation sites excluding steroid dienone is 1. The van der Waals surface area contributed by atoms with Crippen molar-refractivity contribution in [1.82, 2.24) is 0 Å². The zero-order chi connectivity index (χ0) is 18.8. The fourth-order valence-electron chi connectivity index (χ4n) is 2.42. The summed E-state index contributed by atoms with van der Waals surface area (Å²) >= 11 is 0. The molecule has 0 bridgehead atoms. The van der Waals surface area contributed by atoms with Crippen molar-refractivity contribution in [1.29, 1.82) is 0 Å². The standard InChI is InChI=1S/C19H21NO5/c1-12-18(2,3)25-17(23)19(4,20-12)14(16(22)24-5)11-15(21)13-9-7-6-8-10-13/h6-11H,1-5H3/b14-11-. The van der Waals surface area contributed by atoms with E-state index in [0.717, 1.165) is 6.08 Å². The first-order chi connectivity index (χ1) is 11.6. The maximum absolute atomic E-state index is 12.6. The van der Waals surface area contributed by atoms with Crippen molar-refractivity contribution < 1.29 is 23.9 Å². The van der Waals surface area contributed by atoms with E-state index in [1.807, 2.05) is 0 Å². The largest absolute Gasteiger partial charge is 0.466 e. The highest BCUT2D eigenvalue weighted by Crippen LogP contribution is 2.33. The lowest BCUT2D eigenvalue weighted by molar-refractivity contribution is -0.159. The average molecular weight is 343 g/mol. The molecule has 1 heterocycles. The number of ketones is 1. The van der Waals surface area contributed by atoms with Gasteiger partial charge in [0.1, 0.15) is 5.60 Å². The summed E-state index contributed by atoms with van der Waals surface area (Å²) in [6, 6.07) is 8.43. The van der Waals surface area contributed by atoms with Crippen molar-refractivity contribution in [3.05, 3.63) is 47.5 Å². The number of nitrogens with zero attached hydrogens (tertiary/aromatic N) is 1. The van der Waals surface area contributed by atoms with Crippen LogP contribution < -0.4 is 0 Å². The number of hydrogen-bond acceptors (Lipinski definition) is 6. The normalized spacial score (nSPS) is 22.7. The molecule has 1 aromatic carbocycles. The van der Waals surface area contributed by atoms with Gasteiger partial charge in [0.25, 0.3) is 0 Å². The lowest BCUT2D eigenvalue weighted by atomic mass is 9.87. The van der Waals surface area contributed by atoms with Crippen LogP contribution in [0.15, 0.2) is 47.0 Å². The first-order valence-electron chi connectivity index (χ1n) is 7.82. The molecule has 132 valence electrons. The highest BCUT2D eigenvalue weighted by atomic mass is 16.6. The number of esters is 2. The van der Waals surface area contributed by atoms with Crippen LogP contribution in [0, 0.1) is 0 Å². The number of ether oxygens (including phenoxy) is 2. The molecule has 0 spiro atoms. The quantitative estimate of drug-likeness (QED) is 0.477. The smallest absolute Gasteiger partial charge is 0.339 e. The maximum Gasteiger partial charge on any atom is 0.339 e. The van der Waals surface area contributed by atoms with Crippen LogP contribution in [-0.4, -0.2) is 41.7 Å². The number of carbonyl (C=O) groups excluding carboxylic acids is 3. The van der Waals surface area contributed by atoms with Crippen LogP contribution in [0.3, 0.4) is 0 Å². The minimum atomic E-state index is -1.64. The van der Waals surface area contributed by atoms with Crippen molar-refractivity contribution in [3.8, 4) is 0 Å². The van der Waals surface area contributed by atoms with E-state index in [9.17, 15) is 14.4 Å². The molecule has 0 saturated heterocycles. The second-order valence-electron chi connectivity index (χ2n) is 6.45. The first kappa shape index (κ1) is 18.6. The van der Waals surface area contributed by atoms with Gasteiger partial charge >= 0.3 is 11.9 Å². The van der Waals surface area contributed by atoms with Gasteiger partial charge in [0.15, 0.2) is 11.3 Å². The Kier molecular flexibility index (Phi) is 4.92. The second-order valence-corrected chi connectivity index (χ2v) is 6.45. The molecule has 0 fully saturated rings. The van der Waals surface area contributed by atoms with Crippen molar-refractivity contribution in [2.75, 3.05) is 7.11 Å². The van der Waals surface area contributed by atoms with Gasteiger partial charge in [-0.15, -0.1) is 0 Å². The minimum Gasteiger partial charge on any atom is -0.466 e. The number of benzene rings is 1. The fourth-order valence-corrected chi connectivity index (χ4v) is 2.42. The Morgan fingerprint density at radius 1 is 1.16 bits per heavy atom. The first-order valence-corrected chi connectivity index (χ1v) is 7.82. The Balaban J connectivity index is 2.57. The molecule has 6 nitrogen and oxygen atoms in total. The van der Waals surface area contributed by atoms with Gasteiger partial charge < -0.3 is 9.47 Å². The zero-order valence-electron chi connectivity index (χ0n) is 15.0. The number of rotatable bonds is 4. The van der Waals surface area contributed by atoms with Gasteiger partial charge in [-0.05, 0) is 33.8 Å². The summed E-state index contributed by atoms with van der Waals surface area (Å²) in [6.45, 7) is 6.56. The summed E-state index contributed by atoms with van der Waals surface area (Å²) in [5.41, 5.74) is -1.75. The number of hydrogen-bond donors (Lipinski definition) is 0. The van der Waals surface area contributed by atoms with E-state index in [0.29, 0.717) is 11.3 Å². The molecule has 0 aromatic heterocycles. The van der Waals surface area contributed by atoms with Gasteiger partial charge in [0.2, 0.25) is 0 Å². The van der Waals surface area contributed by atoms with Gasteiger partial charge in [-0.2, -0.15) is 0 Å². The molecule has 0 amide bonds. The Hall–Kier alpha value is -2.76. The molecule has 0 N–H and O–H groups in total. The molecular weight excluding hydrogens is 322 g/mol. The molecule has 6 heteroatoms. The summed E-state index contributed by atoms with van der Waals surface area (Å²) in [6.07, 6.45) is 1.09. The van der Waals surface area contributed by atoms with E-state index < -0.39 is 28.9 Å². The molecule has 1 unspecified atom stereocenters. The van der Waals surface area contributed by atoms with E-state index in [1.165, 1.54) is 14.0 Å². The highest BCUT2D eigenvalue weighted by Gasteiger charge is 2.49. The summed E-state index contributed by atoms with van der Waals surface area (Å²) in [5.74, 6) is -1.94. The molecule has 0 aliphatic carbocycles. The number of aliphatic imine (C=N–C) groups is 1. The van der Waals surface area contributed by atoms with Crippen LogP contribution in [0.25, 0.3) is 0 Å². The summed E-state index contributed by atoms with van der Waals surface area (Å²) in [4.78, 5) is 41.7. The monoisotopic (exact) mass is 343 g/mol. The van der Waals surface area contributed by atoms with Crippen molar-refractivity contribution in [2.24, 2.45) is 4.99 Å². The van der Waals surface area contributed by atoms with Gasteiger partial charge in [0.05, 0.1) is 18.4 Å². The third-order valence-corrected chi connectivity index (χ3v) is 4.27. The molecule has 1 aliphatic rings. The predicted molar refractivity (Wildman–Crippen MR) is 92.6 cm³/mol. The topological polar surface area (TPSA) is 82.0 Å². The van der Waals surface area contributed by atoms with E-state index in [2.05, 4.69) is 4.99 Å². The minimum absolute atomic E-state index is 0.163. The summed E-state index contributed by atoms with van der Waals surface area (Å²) in [5, 5.41) is 0. The van der Waals surface area contributed by atoms with Gasteiger partial charge in [-0.3, -0.25) is 9.79 Å². The van der Waals surface area contributed by atoms with Crippen LogP contribution in [0.5, 0.6) is 0 Å². The Bertz CT molecular complexity index is 776. The SMILES string of the molecule is COC(=O)/C(=C/C(=O)c1ccccc1)C1(C)N=C(C)C(C)(C)OC1=O. The highest BCUT2D eigenvalue weighted by molar-refractivity contribution is 6.13. The third-order valence-electron chi connectivity index (χ3n) is 4.27.